The fraction of sp³-hybridized carbons (Fsp3) is 0.846. The van der Waals surface area contributed by atoms with Gasteiger partial charge in [-0.25, -0.2) is 0 Å². The van der Waals surface area contributed by atoms with Crippen LogP contribution in [0, 0.1) is 0 Å². The third-order valence-electron chi connectivity index (χ3n) is 4.00. The first-order valence-electron chi connectivity index (χ1n) is 7.13. The van der Waals surface area contributed by atoms with Crippen LogP contribution in [0.4, 0.5) is 0 Å². The minimum absolute atomic E-state index is 0.549. The van der Waals surface area contributed by atoms with Gasteiger partial charge in [-0.3, -0.25) is 4.90 Å². The Labute approximate surface area is 108 Å². The second-order valence-corrected chi connectivity index (χ2v) is 5.52. The van der Waals surface area contributed by atoms with Gasteiger partial charge in [-0.05, 0) is 45.2 Å². The van der Waals surface area contributed by atoms with Crippen molar-refractivity contribution in [2.24, 2.45) is 5.73 Å². The lowest BCUT2D eigenvalue weighted by Crippen LogP contribution is -2.40. The van der Waals surface area contributed by atoms with Gasteiger partial charge in [0.05, 0.1) is 6.54 Å². The third-order valence-corrected chi connectivity index (χ3v) is 4.00. The molecule has 2 heterocycles. The quantitative estimate of drug-likeness (QED) is 0.860. The molecule has 0 radical (unpaired) electrons. The minimum Gasteiger partial charge on any atom is -0.339 e. The van der Waals surface area contributed by atoms with E-state index in [1.54, 1.807) is 0 Å². The fourth-order valence-corrected chi connectivity index (χ4v) is 2.80. The lowest BCUT2D eigenvalue weighted by Gasteiger charge is -2.34. The average molecular weight is 250 g/mol. The highest BCUT2D eigenvalue weighted by atomic mass is 16.5. The van der Waals surface area contributed by atoms with E-state index in [0.717, 1.165) is 37.8 Å². The zero-order chi connectivity index (χ0) is 12.4. The van der Waals surface area contributed by atoms with Gasteiger partial charge in [-0.1, -0.05) is 11.6 Å². The highest BCUT2D eigenvalue weighted by molar-refractivity contribution is 5.01. The molecule has 0 bridgehead atoms. The Kier molecular flexibility index (Phi) is 3.61. The van der Waals surface area contributed by atoms with Gasteiger partial charge in [0.1, 0.15) is 0 Å². The Balaban J connectivity index is 1.61. The van der Waals surface area contributed by atoms with E-state index >= 15 is 0 Å². The molecule has 2 N–H and O–H groups in total. The van der Waals surface area contributed by atoms with Crippen LogP contribution < -0.4 is 5.73 Å². The van der Waals surface area contributed by atoms with Gasteiger partial charge in [0, 0.05) is 12.0 Å². The van der Waals surface area contributed by atoms with Crippen LogP contribution in [0.1, 0.15) is 56.2 Å². The topological polar surface area (TPSA) is 68.2 Å². The second-order valence-electron chi connectivity index (χ2n) is 5.52. The summed E-state index contributed by atoms with van der Waals surface area (Å²) in [7, 11) is 0. The van der Waals surface area contributed by atoms with E-state index in [-0.39, 0.29) is 0 Å². The Bertz CT molecular complexity index is 386. The van der Waals surface area contributed by atoms with Crippen molar-refractivity contribution >= 4 is 0 Å². The van der Waals surface area contributed by atoms with Crippen LogP contribution >= 0.6 is 0 Å². The molecular formula is C13H22N4O. The predicted molar refractivity (Wildman–Crippen MR) is 68.0 cm³/mol. The van der Waals surface area contributed by atoms with Crippen molar-refractivity contribution in [1.82, 2.24) is 15.0 Å². The van der Waals surface area contributed by atoms with Crippen molar-refractivity contribution in [1.29, 1.82) is 0 Å². The van der Waals surface area contributed by atoms with Crippen molar-refractivity contribution in [2.45, 2.75) is 57.0 Å². The maximum atomic E-state index is 5.69. The number of hydrogen-bond donors (Lipinski definition) is 1. The largest absolute Gasteiger partial charge is 0.339 e. The van der Waals surface area contributed by atoms with E-state index in [2.05, 4.69) is 15.0 Å². The minimum atomic E-state index is 0.549. The highest BCUT2D eigenvalue weighted by Crippen LogP contribution is 2.38. The summed E-state index contributed by atoms with van der Waals surface area (Å²) in [4.78, 5) is 6.98. The van der Waals surface area contributed by atoms with Crippen molar-refractivity contribution < 1.29 is 4.52 Å². The molecule has 2 aliphatic rings. The van der Waals surface area contributed by atoms with Crippen molar-refractivity contribution in [3.63, 3.8) is 0 Å². The van der Waals surface area contributed by atoms with E-state index < -0.39 is 0 Å². The molecule has 3 rings (SSSR count). The van der Waals surface area contributed by atoms with Crippen LogP contribution in [0.5, 0.6) is 0 Å². The number of likely N-dealkylation sites (tertiary alicyclic amines) is 1. The normalized spacial score (nSPS) is 25.5. The van der Waals surface area contributed by atoms with Crippen LogP contribution in [0.2, 0.25) is 0 Å². The van der Waals surface area contributed by atoms with E-state index in [9.17, 15) is 0 Å². The van der Waals surface area contributed by atoms with E-state index in [4.69, 9.17) is 10.3 Å². The number of aromatic nitrogens is 2. The fourth-order valence-electron chi connectivity index (χ4n) is 2.80. The molecule has 5 nitrogen and oxygen atoms in total. The van der Waals surface area contributed by atoms with Crippen LogP contribution in [0.25, 0.3) is 0 Å². The summed E-state index contributed by atoms with van der Waals surface area (Å²) in [5, 5.41) is 4.11. The first-order chi connectivity index (χ1) is 8.86. The summed E-state index contributed by atoms with van der Waals surface area (Å²) >= 11 is 0. The molecule has 1 aliphatic carbocycles. The van der Waals surface area contributed by atoms with Crippen LogP contribution in [0.3, 0.4) is 0 Å². The first-order valence-corrected chi connectivity index (χ1v) is 7.13. The van der Waals surface area contributed by atoms with Gasteiger partial charge in [0.15, 0.2) is 5.82 Å². The molecule has 1 saturated heterocycles. The number of nitrogens with zero attached hydrogens (tertiary/aromatic N) is 3. The molecule has 1 aromatic rings. The molecule has 0 aromatic carbocycles. The van der Waals surface area contributed by atoms with E-state index in [1.807, 2.05) is 0 Å². The molecule has 1 saturated carbocycles. The SMILES string of the molecule is NCCC1CCCCN1Cc1noc(C2CC2)n1. The zero-order valence-corrected chi connectivity index (χ0v) is 10.8. The van der Waals surface area contributed by atoms with Crippen LogP contribution in [-0.4, -0.2) is 34.2 Å². The molecule has 0 amide bonds. The zero-order valence-electron chi connectivity index (χ0n) is 10.8. The van der Waals surface area contributed by atoms with E-state index in [0.29, 0.717) is 12.0 Å². The lowest BCUT2D eigenvalue weighted by atomic mass is 9.99. The molecule has 1 aromatic heterocycles. The first kappa shape index (κ1) is 12.1. The molecule has 1 aliphatic heterocycles. The van der Waals surface area contributed by atoms with E-state index in [1.165, 1.54) is 32.1 Å². The smallest absolute Gasteiger partial charge is 0.229 e. The van der Waals surface area contributed by atoms with Crippen molar-refractivity contribution in [3.8, 4) is 0 Å². The van der Waals surface area contributed by atoms with Crippen LogP contribution in [0.15, 0.2) is 4.52 Å². The average Bonchev–Trinajstić information content (AvgIpc) is 3.13. The summed E-state index contributed by atoms with van der Waals surface area (Å²) in [6.45, 7) is 2.72. The molecule has 18 heavy (non-hydrogen) atoms. The molecular weight excluding hydrogens is 228 g/mol. The van der Waals surface area contributed by atoms with Gasteiger partial charge in [-0.15, -0.1) is 0 Å². The van der Waals surface area contributed by atoms with Gasteiger partial charge < -0.3 is 10.3 Å². The van der Waals surface area contributed by atoms with Crippen LogP contribution in [-0.2, 0) is 6.54 Å². The molecule has 2 fully saturated rings. The number of nitrogens with two attached hydrogens (primary N) is 1. The molecule has 1 unspecified atom stereocenters. The molecule has 5 heteroatoms. The van der Waals surface area contributed by atoms with Crippen molar-refractivity contribution in [3.05, 3.63) is 11.7 Å². The number of piperidine rings is 1. The van der Waals surface area contributed by atoms with Gasteiger partial charge >= 0.3 is 0 Å². The Morgan fingerprint density at radius 1 is 1.28 bits per heavy atom. The third kappa shape index (κ3) is 2.72. The number of rotatable bonds is 5. The lowest BCUT2D eigenvalue weighted by molar-refractivity contribution is 0.129. The van der Waals surface area contributed by atoms with Gasteiger partial charge in [-0.2, -0.15) is 4.98 Å². The summed E-state index contributed by atoms with van der Waals surface area (Å²) in [6, 6.07) is 0.603. The predicted octanol–water partition coefficient (Wildman–Crippen LogP) is 1.65. The Morgan fingerprint density at radius 2 is 2.17 bits per heavy atom. The monoisotopic (exact) mass is 250 g/mol. The summed E-state index contributed by atoms with van der Waals surface area (Å²) < 4.78 is 5.31. The molecule has 0 spiro atoms. The Morgan fingerprint density at radius 3 is 2.94 bits per heavy atom. The van der Waals surface area contributed by atoms with Gasteiger partial charge in [0.2, 0.25) is 5.89 Å². The molecule has 100 valence electrons. The van der Waals surface area contributed by atoms with Gasteiger partial charge in [0.25, 0.3) is 0 Å². The standard InChI is InChI=1S/C13H22N4O/c14-7-6-11-3-1-2-8-17(11)9-12-15-13(18-16-12)10-4-5-10/h10-11H,1-9,14H2. The summed E-state index contributed by atoms with van der Waals surface area (Å²) in [6.07, 6.45) is 7.34. The highest BCUT2D eigenvalue weighted by Gasteiger charge is 2.30. The summed E-state index contributed by atoms with van der Waals surface area (Å²) in [5.74, 6) is 2.24. The molecule has 1 atom stereocenters. The maximum absolute atomic E-state index is 5.69. The van der Waals surface area contributed by atoms with Crippen molar-refractivity contribution in [2.75, 3.05) is 13.1 Å². The Hall–Kier alpha value is -0.940. The maximum Gasteiger partial charge on any atom is 0.229 e. The number of hydrogen-bond acceptors (Lipinski definition) is 5. The second kappa shape index (κ2) is 5.36. The summed E-state index contributed by atoms with van der Waals surface area (Å²) in [5.41, 5.74) is 5.69.